The lowest BCUT2D eigenvalue weighted by atomic mass is 10.2. The fourth-order valence-corrected chi connectivity index (χ4v) is 0.671. The van der Waals surface area contributed by atoms with Crippen LogP contribution in [0.15, 0.2) is 0 Å². The van der Waals surface area contributed by atoms with Crippen molar-refractivity contribution in [3.63, 3.8) is 0 Å². The minimum Gasteiger partial charge on any atom is -0.484 e. The number of hydrogen-bond acceptors (Lipinski definition) is 2. The highest BCUT2D eigenvalue weighted by molar-refractivity contribution is 6.17. The molecule has 0 bridgehead atoms. The van der Waals surface area contributed by atoms with Crippen molar-refractivity contribution in [1.82, 2.24) is 0 Å². The lowest BCUT2D eigenvalue weighted by Gasteiger charge is -1.98. The van der Waals surface area contributed by atoms with Gasteiger partial charge >= 0.3 is 0 Å². The van der Waals surface area contributed by atoms with Crippen LogP contribution in [0.2, 0.25) is 0 Å². The Hall–Kier alpha value is -0.240. The summed E-state index contributed by atoms with van der Waals surface area (Å²) in [6, 6.07) is 0. The molecular formula is C6H12ClNO. The molecule has 0 aromatic heterocycles. The van der Waals surface area contributed by atoms with Crippen molar-refractivity contribution < 1.29 is 4.74 Å². The molecule has 0 aromatic rings. The van der Waals surface area contributed by atoms with Crippen molar-refractivity contribution in [3.8, 4) is 0 Å². The van der Waals surface area contributed by atoms with Gasteiger partial charge < -0.3 is 4.74 Å². The highest BCUT2D eigenvalue weighted by Crippen LogP contribution is 1.97. The van der Waals surface area contributed by atoms with Crippen molar-refractivity contribution >= 4 is 17.5 Å². The Morgan fingerprint density at radius 3 is 2.67 bits per heavy atom. The molecule has 0 atom stereocenters. The normalized spacial score (nSPS) is 9.11. The Morgan fingerprint density at radius 1 is 1.56 bits per heavy atom. The van der Waals surface area contributed by atoms with Crippen LogP contribution in [0.4, 0.5) is 0 Å². The van der Waals surface area contributed by atoms with Crippen LogP contribution in [0.5, 0.6) is 0 Å². The Kier molecular flexibility index (Phi) is 5.73. The monoisotopic (exact) mass is 149 g/mol. The van der Waals surface area contributed by atoms with E-state index in [1.807, 2.05) is 0 Å². The van der Waals surface area contributed by atoms with Gasteiger partial charge in [-0.15, -0.1) is 11.6 Å². The van der Waals surface area contributed by atoms with Crippen LogP contribution in [0.1, 0.15) is 19.3 Å². The van der Waals surface area contributed by atoms with Crippen molar-refractivity contribution in [1.29, 1.82) is 5.41 Å². The standard InChI is InChI=1S/C6H12ClNO/c1-9-6(8)4-2-3-5-7/h8H,2-5H2,1H3. The van der Waals surface area contributed by atoms with Gasteiger partial charge in [0, 0.05) is 12.3 Å². The lowest BCUT2D eigenvalue weighted by molar-refractivity contribution is 0.384. The summed E-state index contributed by atoms with van der Waals surface area (Å²) in [6.45, 7) is 0. The Morgan fingerprint density at radius 2 is 2.22 bits per heavy atom. The quantitative estimate of drug-likeness (QED) is 0.282. The zero-order chi connectivity index (χ0) is 7.11. The van der Waals surface area contributed by atoms with Crippen LogP contribution in [0.25, 0.3) is 0 Å². The molecule has 0 saturated heterocycles. The molecule has 0 unspecified atom stereocenters. The molecule has 0 aliphatic heterocycles. The van der Waals surface area contributed by atoms with E-state index in [9.17, 15) is 0 Å². The second kappa shape index (κ2) is 5.89. The van der Waals surface area contributed by atoms with Crippen LogP contribution in [-0.4, -0.2) is 18.9 Å². The Balaban J connectivity index is 2.97. The number of halogens is 1. The van der Waals surface area contributed by atoms with Crippen molar-refractivity contribution in [3.05, 3.63) is 0 Å². The van der Waals surface area contributed by atoms with E-state index in [1.165, 1.54) is 7.11 Å². The van der Waals surface area contributed by atoms with E-state index < -0.39 is 0 Å². The first-order valence-electron chi connectivity index (χ1n) is 2.98. The summed E-state index contributed by atoms with van der Waals surface area (Å²) in [5.41, 5.74) is 0. The van der Waals surface area contributed by atoms with E-state index >= 15 is 0 Å². The molecule has 54 valence electrons. The zero-order valence-electron chi connectivity index (χ0n) is 5.61. The average molecular weight is 150 g/mol. The maximum atomic E-state index is 7.05. The van der Waals surface area contributed by atoms with E-state index in [0.29, 0.717) is 18.2 Å². The van der Waals surface area contributed by atoms with Crippen molar-refractivity contribution in [2.24, 2.45) is 0 Å². The summed E-state index contributed by atoms with van der Waals surface area (Å²) in [5.74, 6) is 1.02. The Bertz CT molecular complexity index is 85.1. The molecule has 0 aliphatic carbocycles. The van der Waals surface area contributed by atoms with Gasteiger partial charge in [-0.3, -0.25) is 5.41 Å². The van der Waals surface area contributed by atoms with E-state index in [2.05, 4.69) is 4.74 Å². The number of nitrogens with one attached hydrogen (secondary N) is 1. The molecule has 0 aromatic carbocycles. The first kappa shape index (κ1) is 8.76. The maximum Gasteiger partial charge on any atom is 0.180 e. The molecule has 2 nitrogen and oxygen atoms in total. The number of unbranched alkanes of at least 4 members (excludes halogenated alkanes) is 1. The van der Waals surface area contributed by atoms with Gasteiger partial charge in [-0.1, -0.05) is 0 Å². The molecule has 0 saturated carbocycles. The summed E-state index contributed by atoms with van der Waals surface area (Å²) in [5, 5.41) is 7.05. The fourth-order valence-electron chi connectivity index (χ4n) is 0.482. The van der Waals surface area contributed by atoms with E-state index in [0.717, 1.165) is 12.8 Å². The third kappa shape index (κ3) is 5.63. The van der Waals surface area contributed by atoms with Crippen LogP contribution in [0, 0.1) is 5.41 Å². The number of hydrogen-bond donors (Lipinski definition) is 1. The molecule has 0 heterocycles. The van der Waals surface area contributed by atoms with Crippen LogP contribution < -0.4 is 0 Å². The predicted molar refractivity (Wildman–Crippen MR) is 39.3 cm³/mol. The molecule has 1 N–H and O–H groups in total. The third-order valence-electron chi connectivity index (χ3n) is 1.03. The minimum atomic E-state index is 0.347. The highest BCUT2D eigenvalue weighted by atomic mass is 35.5. The first-order chi connectivity index (χ1) is 4.31. The summed E-state index contributed by atoms with van der Waals surface area (Å²) in [7, 11) is 1.52. The molecule has 9 heavy (non-hydrogen) atoms. The lowest BCUT2D eigenvalue weighted by Crippen LogP contribution is -1.97. The van der Waals surface area contributed by atoms with Crippen LogP contribution in [-0.2, 0) is 4.74 Å². The van der Waals surface area contributed by atoms with Gasteiger partial charge in [0.2, 0.25) is 0 Å². The molecule has 0 aliphatic rings. The van der Waals surface area contributed by atoms with E-state index in [1.54, 1.807) is 0 Å². The number of alkyl halides is 1. The fraction of sp³-hybridized carbons (Fsp3) is 0.833. The third-order valence-corrected chi connectivity index (χ3v) is 1.30. The summed E-state index contributed by atoms with van der Waals surface area (Å²) in [4.78, 5) is 0. The van der Waals surface area contributed by atoms with Crippen LogP contribution >= 0.6 is 11.6 Å². The summed E-state index contributed by atoms with van der Waals surface area (Å²) in [6.07, 6.45) is 2.63. The summed E-state index contributed by atoms with van der Waals surface area (Å²) < 4.78 is 4.64. The zero-order valence-corrected chi connectivity index (χ0v) is 6.37. The smallest absolute Gasteiger partial charge is 0.180 e. The average Bonchev–Trinajstić information content (AvgIpc) is 1.89. The van der Waals surface area contributed by atoms with Crippen molar-refractivity contribution in [2.75, 3.05) is 13.0 Å². The number of methoxy groups -OCH3 is 1. The predicted octanol–water partition coefficient (Wildman–Crippen LogP) is 2.02. The van der Waals surface area contributed by atoms with Gasteiger partial charge in [-0.05, 0) is 12.8 Å². The summed E-state index contributed by atoms with van der Waals surface area (Å²) >= 11 is 5.42. The first-order valence-corrected chi connectivity index (χ1v) is 3.52. The van der Waals surface area contributed by atoms with Gasteiger partial charge in [0.15, 0.2) is 5.90 Å². The SMILES string of the molecule is COC(=N)CCCCCl. The maximum absolute atomic E-state index is 7.05. The van der Waals surface area contributed by atoms with E-state index in [4.69, 9.17) is 17.0 Å². The van der Waals surface area contributed by atoms with Crippen LogP contribution in [0.3, 0.4) is 0 Å². The van der Waals surface area contributed by atoms with Gasteiger partial charge in [-0.2, -0.15) is 0 Å². The van der Waals surface area contributed by atoms with Gasteiger partial charge in [0.25, 0.3) is 0 Å². The van der Waals surface area contributed by atoms with E-state index in [-0.39, 0.29) is 0 Å². The highest BCUT2D eigenvalue weighted by Gasteiger charge is 1.92. The van der Waals surface area contributed by atoms with Gasteiger partial charge in [0.1, 0.15) is 0 Å². The molecular weight excluding hydrogens is 138 g/mol. The van der Waals surface area contributed by atoms with Gasteiger partial charge in [0.05, 0.1) is 7.11 Å². The minimum absolute atomic E-state index is 0.347. The molecule has 0 spiro atoms. The molecule has 0 rings (SSSR count). The second-order valence-electron chi connectivity index (χ2n) is 1.77. The number of ether oxygens (including phenoxy) is 1. The topological polar surface area (TPSA) is 33.1 Å². The largest absolute Gasteiger partial charge is 0.484 e. The molecule has 0 amide bonds. The Labute approximate surface area is 60.7 Å². The molecule has 0 fully saturated rings. The molecule has 0 radical (unpaired) electrons. The molecule has 3 heteroatoms. The van der Waals surface area contributed by atoms with Crippen molar-refractivity contribution in [2.45, 2.75) is 19.3 Å². The number of rotatable bonds is 4. The van der Waals surface area contributed by atoms with Gasteiger partial charge in [-0.25, -0.2) is 0 Å². The second-order valence-corrected chi connectivity index (χ2v) is 2.15.